The van der Waals surface area contributed by atoms with Gasteiger partial charge in [-0.25, -0.2) is 4.98 Å². The zero-order valence-electron chi connectivity index (χ0n) is 14.4. The van der Waals surface area contributed by atoms with Crippen molar-refractivity contribution in [1.82, 2.24) is 14.5 Å². The minimum atomic E-state index is -0.0767. The van der Waals surface area contributed by atoms with Crippen LogP contribution in [-0.2, 0) is 6.54 Å². The summed E-state index contributed by atoms with van der Waals surface area (Å²) in [6, 6.07) is 12.1. The van der Waals surface area contributed by atoms with Crippen LogP contribution in [0.4, 0.5) is 0 Å². The maximum atomic E-state index is 12.8. The SMILES string of the molecule is CC(C)n1ccnc1C1CN(C(=O)c2ccco2)Cc2ccccc21. The topological polar surface area (TPSA) is 51.3 Å². The number of imidazole rings is 1. The molecule has 2 aromatic heterocycles. The molecular weight excluding hydrogens is 314 g/mol. The Labute approximate surface area is 146 Å². The number of carbonyl (C=O) groups excluding carboxylic acids is 1. The summed E-state index contributed by atoms with van der Waals surface area (Å²) in [7, 11) is 0. The van der Waals surface area contributed by atoms with Gasteiger partial charge < -0.3 is 13.9 Å². The molecule has 4 rings (SSSR count). The van der Waals surface area contributed by atoms with Crippen molar-refractivity contribution < 1.29 is 9.21 Å². The molecule has 0 spiro atoms. The van der Waals surface area contributed by atoms with Crippen molar-refractivity contribution in [2.45, 2.75) is 32.4 Å². The molecule has 0 aliphatic carbocycles. The summed E-state index contributed by atoms with van der Waals surface area (Å²) in [6.45, 7) is 5.48. The number of amides is 1. The first-order valence-electron chi connectivity index (χ1n) is 8.58. The van der Waals surface area contributed by atoms with Gasteiger partial charge in [-0.05, 0) is 37.1 Å². The molecule has 5 nitrogen and oxygen atoms in total. The van der Waals surface area contributed by atoms with Crippen LogP contribution in [-0.4, -0.2) is 26.9 Å². The molecule has 1 unspecified atom stereocenters. The average Bonchev–Trinajstić information content (AvgIpc) is 3.31. The van der Waals surface area contributed by atoms with Crippen LogP contribution in [0.25, 0.3) is 0 Å². The Hall–Kier alpha value is -2.82. The fourth-order valence-corrected chi connectivity index (χ4v) is 3.57. The van der Waals surface area contributed by atoms with Crippen molar-refractivity contribution in [3.63, 3.8) is 0 Å². The second kappa shape index (κ2) is 6.24. The summed E-state index contributed by atoms with van der Waals surface area (Å²) < 4.78 is 7.50. The Kier molecular flexibility index (Phi) is 3.92. The standard InChI is InChI=1S/C20H21N3O2/c1-14(2)23-10-9-21-19(23)17-13-22(20(24)18-8-5-11-25-18)12-15-6-3-4-7-16(15)17/h3-11,14,17H,12-13H2,1-2H3. The van der Waals surface area contributed by atoms with Gasteiger partial charge in [-0.1, -0.05) is 24.3 Å². The molecule has 0 radical (unpaired) electrons. The Morgan fingerprint density at radius 1 is 1.24 bits per heavy atom. The molecule has 1 amide bonds. The van der Waals surface area contributed by atoms with Gasteiger partial charge in [0.2, 0.25) is 0 Å². The fraction of sp³-hybridized carbons (Fsp3) is 0.300. The third kappa shape index (κ3) is 2.76. The first kappa shape index (κ1) is 15.7. The first-order valence-corrected chi connectivity index (χ1v) is 8.58. The van der Waals surface area contributed by atoms with Crippen LogP contribution in [0.5, 0.6) is 0 Å². The second-order valence-corrected chi connectivity index (χ2v) is 6.70. The van der Waals surface area contributed by atoms with Crippen molar-refractivity contribution in [1.29, 1.82) is 0 Å². The minimum absolute atomic E-state index is 0.0567. The highest BCUT2D eigenvalue weighted by molar-refractivity contribution is 5.91. The van der Waals surface area contributed by atoms with E-state index < -0.39 is 0 Å². The Morgan fingerprint density at radius 2 is 2.08 bits per heavy atom. The van der Waals surface area contributed by atoms with Crippen LogP contribution in [0.1, 0.15) is 53.3 Å². The number of hydrogen-bond acceptors (Lipinski definition) is 3. The molecule has 25 heavy (non-hydrogen) atoms. The summed E-state index contributed by atoms with van der Waals surface area (Å²) in [4.78, 5) is 19.3. The lowest BCUT2D eigenvalue weighted by Gasteiger charge is -2.34. The number of benzene rings is 1. The molecule has 1 aromatic carbocycles. The van der Waals surface area contributed by atoms with E-state index in [0.717, 1.165) is 11.4 Å². The van der Waals surface area contributed by atoms with Crippen LogP contribution in [0.3, 0.4) is 0 Å². The predicted molar refractivity (Wildman–Crippen MR) is 94.3 cm³/mol. The lowest BCUT2D eigenvalue weighted by atomic mass is 9.88. The molecule has 0 fully saturated rings. The van der Waals surface area contributed by atoms with E-state index in [4.69, 9.17) is 4.42 Å². The summed E-state index contributed by atoms with van der Waals surface area (Å²) in [5, 5.41) is 0. The molecule has 1 atom stereocenters. The van der Waals surface area contributed by atoms with E-state index in [1.54, 1.807) is 12.1 Å². The van der Waals surface area contributed by atoms with Gasteiger partial charge in [-0.3, -0.25) is 4.79 Å². The molecule has 1 aliphatic rings. The monoisotopic (exact) mass is 335 g/mol. The van der Waals surface area contributed by atoms with E-state index >= 15 is 0 Å². The Morgan fingerprint density at radius 3 is 2.84 bits per heavy atom. The van der Waals surface area contributed by atoms with Crippen LogP contribution in [0.2, 0.25) is 0 Å². The van der Waals surface area contributed by atoms with E-state index in [9.17, 15) is 4.79 Å². The summed E-state index contributed by atoms with van der Waals surface area (Å²) >= 11 is 0. The van der Waals surface area contributed by atoms with Crippen LogP contribution < -0.4 is 0 Å². The summed E-state index contributed by atoms with van der Waals surface area (Å²) in [5.41, 5.74) is 2.41. The predicted octanol–water partition coefficient (Wildman–Crippen LogP) is 3.84. The molecule has 5 heteroatoms. The van der Waals surface area contributed by atoms with Crippen molar-refractivity contribution in [3.05, 3.63) is 77.8 Å². The lowest BCUT2D eigenvalue weighted by Crippen LogP contribution is -2.39. The number of fused-ring (bicyclic) bond motifs is 1. The Bertz CT molecular complexity index is 880. The first-order chi connectivity index (χ1) is 12.1. The number of furan rings is 1. The molecule has 3 aromatic rings. The molecule has 0 N–H and O–H groups in total. The van der Waals surface area contributed by atoms with Crippen molar-refractivity contribution in [2.24, 2.45) is 0 Å². The maximum absolute atomic E-state index is 12.8. The van der Waals surface area contributed by atoms with E-state index in [2.05, 4.69) is 41.6 Å². The van der Waals surface area contributed by atoms with Crippen molar-refractivity contribution in [2.75, 3.05) is 6.54 Å². The number of nitrogens with zero attached hydrogens (tertiary/aromatic N) is 3. The van der Waals surface area contributed by atoms with Crippen LogP contribution in [0, 0.1) is 0 Å². The van der Waals surface area contributed by atoms with Crippen molar-refractivity contribution >= 4 is 5.91 Å². The summed E-state index contributed by atoms with van der Waals surface area (Å²) in [6.07, 6.45) is 5.38. The molecular formula is C20H21N3O2. The van der Waals surface area contributed by atoms with Gasteiger partial charge in [0.05, 0.1) is 12.2 Å². The van der Waals surface area contributed by atoms with Gasteiger partial charge >= 0.3 is 0 Å². The zero-order chi connectivity index (χ0) is 17.4. The number of carbonyl (C=O) groups is 1. The van der Waals surface area contributed by atoms with E-state index in [0.29, 0.717) is 24.9 Å². The van der Waals surface area contributed by atoms with Gasteiger partial charge in [0.1, 0.15) is 5.82 Å². The van der Waals surface area contributed by atoms with E-state index in [-0.39, 0.29) is 11.8 Å². The van der Waals surface area contributed by atoms with Crippen molar-refractivity contribution in [3.8, 4) is 0 Å². The van der Waals surface area contributed by atoms with Gasteiger partial charge in [-0.2, -0.15) is 0 Å². The number of hydrogen-bond donors (Lipinski definition) is 0. The van der Waals surface area contributed by atoms with Crippen LogP contribution >= 0.6 is 0 Å². The molecule has 0 bridgehead atoms. The quantitative estimate of drug-likeness (QED) is 0.730. The molecule has 128 valence electrons. The minimum Gasteiger partial charge on any atom is -0.459 e. The molecule has 1 aliphatic heterocycles. The largest absolute Gasteiger partial charge is 0.459 e. The van der Waals surface area contributed by atoms with Crippen LogP contribution in [0.15, 0.2) is 59.5 Å². The van der Waals surface area contributed by atoms with Gasteiger partial charge in [-0.15, -0.1) is 0 Å². The molecule has 0 saturated heterocycles. The summed E-state index contributed by atoms with van der Waals surface area (Å²) in [5.74, 6) is 1.36. The molecule has 3 heterocycles. The highest BCUT2D eigenvalue weighted by atomic mass is 16.3. The third-order valence-corrected chi connectivity index (χ3v) is 4.78. The third-order valence-electron chi connectivity index (χ3n) is 4.78. The smallest absolute Gasteiger partial charge is 0.289 e. The molecule has 0 saturated carbocycles. The highest BCUT2D eigenvalue weighted by Crippen LogP contribution is 2.34. The number of aromatic nitrogens is 2. The number of rotatable bonds is 3. The van der Waals surface area contributed by atoms with E-state index in [1.165, 1.54) is 11.8 Å². The van der Waals surface area contributed by atoms with Gasteiger partial charge in [0.25, 0.3) is 5.91 Å². The van der Waals surface area contributed by atoms with Gasteiger partial charge in [0.15, 0.2) is 5.76 Å². The fourth-order valence-electron chi connectivity index (χ4n) is 3.57. The Balaban J connectivity index is 1.75. The maximum Gasteiger partial charge on any atom is 0.289 e. The lowest BCUT2D eigenvalue weighted by molar-refractivity contribution is 0.0690. The van der Waals surface area contributed by atoms with Gasteiger partial charge in [0, 0.05) is 31.5 Å². The highest BCUT2D eigenvalue weighted by Gasteiger charge is 2.32. The second-order valence-electron chi connectivity index (χ2n) is 6.70. The van der Waals surface area contributed by atoms with E-state index in [1.807, 2.05) is 23.4 Å². The average molecular weight is 335 g/mol. The zero-order valence-corrected chi connectivity index (χ0v) is 14.4. The normalized spacial score (nSPS) is 16.9.